The Kier molecular flexibility index (Phi) is 9.93. The minimum atomic E-state index is -0.760. The minimum absolute atomic E-state index is 0.227. The van der Waals surface area contributed by atoms with Crippen molar-refractivity contribution in [1.82, 2.24) is 9.97 Å². The van der Waals surface area contributed by atoms with Crippen LogP contribution in [-0.4, -0.2) is 22.2 Å². The van der Waals surface area contributed by atoms with Crippen molar-refractivity contribution in [1.29, 1.82) is 0 Å². The predicted molar refractivity (Wildman–Crippen MR) is 131 cm³/mol. The van der Waals surface area contributed by atoms with Crippen molar-refractivity contribution in [3.63, 3.8) is 0 Å². The van der Waals surface area contributed by atoms with Crippen LogP contribution in [0.4, 0.5) is 4.79 Å². The van der Waals surface area contributed by atoms with Crippen LogP contribution in [0.15, 0.2) is 72.8 Å². The molecular formula is C27H31N3O4. The van der Waals surface area contributed by atoms with Crippen LogP contribution in [0, 0.1) is 0 Å². The van der Waals surface area contributed by atoms with E-state index in [2.05, 4.69) is 16.9 Å². The zero-order valence-electron chi connectivity index (χ0n) is 19.4. The summed E-state index contributed by atoms with van der Waals surface area (Å²) in [5.41, 5.74) is 7.89. The van der Waals surface area contributed by atoms with Gasteiger partial charge in [0.05, 0.1) is 5.69 Å². The predicted octanol–water partition coefficient (Wildman–Crippen LogP) is 5.69. The van der Waals surface area contributed by atoms with E-state index in [1.54, 1.807) is 6.07 Å². The molecule has 34 heavy (non-hydrogen) atoms. The highest BCUT2D eigenvalue weighted by molar-refractivity contribution is 5.64. The number of nitrogens with zero attached hydrogens (tertiary/aromatic N) is 2. The number of hydrogen-bond acceptors (Lipinski definition) is 6. The molecule has 0 unspecified atom stereocenters. The molecule has 0 radical (unpaired) electrons. The van der Waals surface area contributed by atoms with E-state index in [4.69, 9.17) is 19.9 Å². The third kappa shape index (κ3) is 8.94. The Hall–Kier alpha value is -3.87. The Morgan fingerprint density at radius 1 is 0.971 bits per heavy atom. The van der Waals surface area contributed by atoms with Crippen LogP contribution in [0.1, 0.15) is 49.4 Å². The first-order chi connectivity index (χ1) is 16.6. The number of carbonyl (C=O) groups excluding carboxylic acids is 1. The van der Waals surface area contributed by atoms with E-state index in [-0.39, 0.29) is 12.1 Å². The van der Waals surface area contributed by atoms with Gasteiger partial charge in [0.1, 0.15) is 19.3 Å². The lowest BCUT2D eigenvalue weighted by molar-refractivity contribution is 0.101. The van der Waals surface area contributed by atoms with Gasteiger partial charge in [-0.15, -0.1) is 0 Å². The molecule has 0 saturated heterocycles. The lowest BCUT2D eigenvalue weighted by Gasteiger charge is -2.14. The summed E-state index contributed by atoms with van der Waals surface area (Å²) >= 11 is 0. The third-order valence-corrected chi connectivity index (χ3v) is 4.99. The number of unbranched alkanes of at least 4 members (excludes halogenated alkanes) is 1. The van der Waals surface area contributed by atoms with Gasteiger partial charge in [-0.2, -0.15) is 9.97 Å². The Morgan fingerprint density at radius 3 is 2.24 bits per heavy atom. The summed E-state index contributed by atoms with van der Waals surface area (Å²) in [5, 5.41) is 0. The van der Waals surface area contributed by atoms with Crippen LogP contribution in [0.25, 0.3) is 6.08 Å². The molecule has 1 amide bonds. The van der Waals surface area contributed by atoms with Gasteiger partial charge in [-0.05, 0) is 23.6 Å². The molecule has 2 N–H and O–H groups in total. The molecule has 0 aliphatic carbocycles. The van der Waals surface area contributed by atoms with E-state index in [9.17, 15) is 4.79 Å². The molecule has 0 saturated carbocycles. The van der Waals surface area contributed by atoms with Crippen molar-refractivity contribution < 1.29 is 19.0 Å². The summed E-state index contributed by atoms with van der Waals surface area (Å²) < 4.78 is 17.0. The molecule has 1 heterocycles. The SMILES string of the molecule is CCCC[C@H](C/C=C\c1cc(OCc2ccccc2)nc(OCc2ccccc2)n1)OC(N)=O. The van der Waals surface area contributed by atoms with Crippen molar-refractivity contribution in [2.45, 2.75) is 51.9 Å². The maximum Gasteiger partial charge on any atom is 0.404 e. The number of ether oxygens (including phenoxy) is 3. The topological polar surface area (TPSA) is 96.6 Å². The van der Waals surface area contributed by atoms with Crippen molar-refractivity contribution in [2.75, 3.05) is 0 Å². The van der Waals surface area contributed by atoms with Crippen LogP contribution in [0.2, 0.25) is 0 Å². The van der Waals surface area contributed by atoms with Gasteiger partial charge in [0, 0.05) is 12.5 Å². The highest BCUT2D eigenvalue weighted by Gasteiger charge is 2.11. The quantitative estimate of drug-likeness (QED) is 0.351. The molecule has 0 spiro atoms. The largest absolute Gasteiger partial charge is 0.473 e. The van der Waals surface area contributed by atoms with Crippen molar-refractivity contribution in [3.05, 3.63) is 89.6 Å². The highest BCUT2D eigenvalue weighted by Crippen LogP contribution is 2.19. The number of primary amides is 1. The second-order valence-electron chi connectivity index (χ2n) is 7.80. The summed E-state index contributed by atoms with van der Waals surface area (Å²) in [6.07, 6.45) is 5.98. The summed E-state index contributed by atoms with van der Waals surface area (Å²) in [7, 11) is 0. The van der Waals surface area contributed by atoms with E-state index >= 15 is 0 Å². The maximum atomic E-state index is 11.2. The van der Waals surface area contributed by atoms with Gasteiger partial charge in [-0.1, -0.05) is 86.5 Å². The summed E-state index contributed by atoms with van der Waals surface area (Å²) in [6.45, 7) is 2.81. The van der Waals surface area contributed by atoms with Crippen LogP contribution >= 0.6 is 0 Å². The molecule has 7 heteroatoms. The molecule has 7 nitrogen and oxygen atoms in total. The van der Waals surface area contributed by atoms with Crippen LogP contribution in [0.3, 0.4) is 0 Å². The van der Waals surface area contributed by atoms with E-state index < -0.39 is 6.09 Å². The fourth-order valence-corrected chi connectivity index (χ4v) is 3.26. The average molecular weight is 462 g/mol. The molecule has 2 aromatic carbocycles. The zero-order chi connectivity index (χ0) is 24.0. The number of rotatable bonds is 13. The zero-order valence-corrected chi connectivity index (χ0v) is 19.4. The lowest BCUT2D eigenvalue weighted by Crippen LogP contribution is -2.22. The van der Waals surface area contributed by atoms with Crippen molar-refractivity contribution >= 4 is 12.2 Å². The molecule has 1 aromatic heterocycles. The monoisotopic (exact) mass is 461 g/mol. The lowest BCUT2D eigenvalue weighted by atomic mass is 10.1. The standard InChI is InChI=1S/C27H31N3O4/c1-2-3-16-24(34-26(28)31)17-10-15-23-18-25(32-19-21-11-6-4-7-12-21)30-27(29-23)33-20-22-13-8-5-9-14-22/h4-15,18,24H,2-3,16-17,19-20H2,1H3,(H2,28,31)/b15-10-/t24-/m1/s1. The Balaban J connectivity index is 1.72. The Bertz CT molecular complexity index is 981. The smallest absolute Gasteiger partial charge is 0.404 e. The molecule has 3 rings (SSSR count). The summed E-state index contributed by atoms with van der Waals surface area (Å²) in [6, 6.07) is 21.7. The molecule has 0 bridgehead atoms. The third-order valence-electron chi connectivity index (χ3n) is 4.99. The second-order valence-corrected chi connectivity index (χ2v) is 7.80. The fourth-order valence-electron chi connectivity index (χ4n) is 3.26. The van der Waals surface area contributed by atoms with Crippen LogP contribution in [0.5, 0.6) is 11.9 Å². The van der Waals surface area contributed by atoms with Gasteiger partial charge in [-0.3, -0.25) is 0 Å². The van der Waals surface area contributed by atoms with Crippen molar-refractivity contribution in [3.8, 4) is 11.9 Å². The number of carbonyl (C=O) groups is 1. The van der Waals surface area contributed by atoms with Gasteiger partial charge in [0.15, 0.2) is 0 Å². The molecule has 3 aromatic rings. The molecule has 0 aliphatic heterocycles. The first-order valence-corrected chi connectivity index (χ1v) is 11.5. The Labute approximate surface area is 200 Å². The van der Waals surface area contributed by atoms with Gasteiger partial charge < -0.3 is 19.9 Å². The molecule has 1 atom stereocenters. The van der Waals surface area contributed by atoms with Crippen LogP contribution in [-0.2, 0) is 18.0 Å². The maximum absolute atomic E-state index is 11.2. The van der Waals surface area contributed by atoms with Gasteiger partial charge in [0.2, 0.25) is 5.88 Å². The number of nitrogens with two attached hydrogens (primary N) is 1. The summed E-state index contributed by atoms with van der Waals surface area (Å²) in [4.78, 5) is 20.1. The van der Waals surface area contributed by atoms with Gasteiger partial charge in [-0.25, -0.2) is 4.79 Å². The number of benzene rings is 2. The van der Waals surface area contributed by atoms with Gasteiger partial charge in [0.25, 0.3) is 0 Å². The van der Waals surface area contributed by atoms with E-state index in [0.717, 1.165) is 30.4 Å². The Morgan fingerprint density at radius 2 is 1.62 bits per heavy atom. The number of aromatic nitrogens is 2. The number of amides is 1. The van der Waals surface area contributed by atoms with E-state index in [1.807, 2.05) is 72.8 Å². The summed E-state index contributed by atoms with van der Waals surface area (Å²) in [5.74, 6) is 0.414. The molecular weight excluding hydrogens is 430 g/mol. The van der Waals surface area contributed by atoms with Crippen LogP contribution < -0.4 is 15.2 Å². The minimum Gasteiger partial charge on any atom is -0.473 e. The van der Waals surface area contributed by atoms with E-state index in [1.165, 1.54) is 0 Å². The normalized spacial score (nSPS) is 11.8. The van der Waals surface area contributed by atoms with Gasteiger partial charge >= 0.3 is 12.1 Å². The van der Waals surface area contributed by atoms with Crippen molar-refractivity contribution in [2.24, 2.45) is 5.73 Å². The fraction of sp³-hybridized carbons (Fsp3) is 0.296. The first kappa shape index (κ1) is 24.8. The average Bonchev–Trinajstić information content (AvgIpc) is 2.85. The first-order valence-electron chi connectivity index (χ1n) is 11.5. The molecule has 0 fully saturated rings. The highest BCUT2D eigenvalue weighted by atomic mass is 16.6. The second kappa shape index (κ2) is 13.6. The van der Waals surface area contributed by atoms with E-state index in [0.29, 0.717) is 31.2 Å². The number of hydrogen-bond donors (Lipinski definition) is 1. The molecule has 178 valence electrons. The molecule has 0 aliphatic rings.